The monoisotopic (exact) mass is 273 g/mol. The van der Waals surface area contributed by atoms with E-state index in [0.29, 0.717) is 6.42 Å². The highest BCUT2D eigenvalue weighted by Crippen LogP contribution is 2.29. The average Bonchev–Trinajstić information content (AvgIpc) is 3.20. The number of benzene rings is 1. The quantitative estimate of drug-likeness (QED) is 0.838. The maximum atomic E-state index is 12.1. The van der Waals surface area contributed by atoms with Crippen LogP contribution in [0.1, 0.15) is 24.8 Å². The summed E-state index contributed by atoms with van der Waals surface area (Å²) in [6.45, 7) is 2.11. The molecule has 0 bridgehead atoms. The van der Waals surface area contributed by atoms with E-state index in [9.17, 15) is 4.79 Å². The van der Waals surface area contributed by atoms with Gasteiger partial charge in [-0.2, -0.15) is 0 Å². The van der Waals surface area contributed by atoms with Gasteiger partial charge in [0, 0.05) is 25.2 Å². The number of carbonyl (C=O) groups excluding carboxylic acids is 1. The lowest BCUT2D eigenvalue weighted by molar-refractivity contribution is -0.123. The van der Waals surface area contributed by atoms with Crippen molar-refractivity contribution < 1.29 is 4.79 Å². The van der Waals surface area contributed by atoms with E-state index in [-0.39, 0.29) is 11.9 Å². The summed E-state index contributed by atoms with van der Waals surface area (Å²) in [4.78, 5) is 14.6. The van der Waals surface area contributed by atoms with Gasteiger partial charge in [0.15, 0.2) is 0 Å². The van der Waals surface area contributed by atoms with Crippen molar-refractivity contribution in [3.63, 3.8) is 0 Å². The molecule has 4 nitrogen and oxygen atoms in total. The van der Waals surface area contributed by atoms with Gasteiger partial charge in [0.25, 0.3) is 0 Å². The lowest BCUT2D eigenvalue weighted by Crippen LogP contribution is -2.47. The number of nitrogens with one attached hydrogen (secondary N) is 1. The van der Waals surface area contributed by atoms with E-state index in [4.69, 9.17) is 5.73 Å². The van der Waals surface area contributed by atoms with Gasteiger partial charge in [-0.3, -0.25) is 9.69 Å². The Labute approximate surface area is 120 Å². The van der Waals surface area contributed by atoms with Crippen molar-refractivity contribution in [1.29, 1.82) is 0 Å². The SMILES string of the molecule is NC(Cc1ccccc1)C(=O)NC1CCN(C2CC2)C1. The molecule has 20 heavy (non-hydrogen) atoms. The molecular weight excluding hydrogens is 250 g/mol. The molecule has 1 saturated heterocycles. The summed E-state index contributed by atoms with van der Waals surface area (Å²) in [5, 5.41) is 3.11. The van der Waals surface area contributed by atoms with Crippen molar-refractivity contribution in [3.05, 3.63) is 35.9 Å². The van der Waals surface area contributed by atoms with Crippen LogP contribution in [0.25, 0.3) is 0 Å². The molecule has 1 saturated carbocycles. The molecule has 3 rings (SSSR count). The second-order valence-electron chi connectivity index (χ2n) is 6.02. The second-order valence-corrected chi connectivity index (χ2v) is 6.02. The molecular formula is C16H23N3O. The Balaban J connectivity index is 1.46. The molecule has 1 aliphatic carbocycles. The highest BCUT2D eigenvalue weighted by Gasteiger charge is 2.35. The van der Waals surface area contributed by atoms with E-state index in [1.165, 1.54) is 12.8 Å². The maximum Gasteiger partial charge on any atom is 0.237 e. The fraction of sp³-hybridized carbons (Fsp3) is 0.562. The summed E-state index contributed by atoms with van der Waals surface area (Å²) in [6, 6.07) is 10.6. The molecule has 0 spiro atoms. The highest BCUT2D eigenvalue weighted by molar-refractivity contribution is 5.82. The number of likely N-dealkylation sites (tertiary alicyclic amines) is 1. The minimum atomic E-state index is -0.452. The molecule has 1 amide bonds. The summed E-state index contributed by atoms with van der Waals surface area (Å²) in [5.74, 6) is -0.0171. The summed E-state index contributed by atoms with van der Waals surface area (Å²) < 4.78 is 0. The molecule has 0 radical (unpaired) electrons. The van der Waals surface area contributed by atoms with E-state index >= 15 is 0 Å². The minimum Gasteiger partial charge on any atom is -0.351 e. The van der Waals surface area contributed by atoms with Crippen LogP contribution < -0.4 is 11.1 Å². The van der Waals surface area contributed by atoms with Crippen LogP contribution in [0.2, 0.25) is 0 Å². The van der Waals surface area contributed by atoms with Crippen molar-refractivity contribution in [3.8, 4) is 0 Å². The topological polar surface area (TPSA) is 58.4 Å². The summed E-state index contributed by atoms with van der Waals surface area (Å²) in [7, 11) is 0. The first-order valence-electron chi connectivity index (χ1n) is 7.56. The number of amides is 1. The normalized spacial score (nSPS) is 24.6. The molecule has 2 unspecified atom stereocenters. The van der Waals surface area contributed by atoms with Gasteiger partial charge in [0.1, 0.15) is 0 Å². The molecule has 2 atom stereocenters. The van der Waals surface area contributed by atoms with E-state index < -0.39 is 6.04 Å². The molecule has 0 aromatic heterocycles. The zero-order valence-electron chi connectivity index (χ0n) is 11.8. The van der Waals surface area contributed by atoms with Crippen LogP contribution in [0.15, 0.2) is 30.3 Å². The standard InChI is InChI=1S/C16H23N3O/c17-15(10-12-4-2-1-3-5-12)16(20)18-13-8-9-19(11-13)14-6-7-14/h1-5,13-15H,6-11,17H2,(H,18,20). The summed E-state index contributed by atoms with van der Waals surface area (Å²) >= 11 is 0. The van der Waals surface area contributed by atoms with Gasteiger partial charge in [0.2, 0.25) is 5.91 Å². The largest absolute Gasteiger partial charge is 0.351 e. The predicted octanol–water partition coefficient (Wildman–Crippen LogP) is 0.909. The first-order chi connectivity index (χ1) is 9.72. The number of carbonyl (C=O) groups is 1. The Morgan fingerprint density at radius 3 is 2.75 bits per heavy atom. The van der Waals surface area contributed by atoms with Gasteiger partial charge < -0.3 is 11.1 Å². The number of nitrogens with zero attached hydrogens (tertiary/aromatic N) is 1. The van der Waals surface area contributed by atoms with Crippen molar-refractivity contribution >= 4 is 5.91 Å². The van der Waals surface area contributed by atoms with Crippen LogP contribution in [-0.4, -0.2) is 42.0 Å². The van der Waals surface area contributed by atoms with Gasteiger partial charge in [-0.1, -0.05) is 30.3 Å². The first-order valence-corrected chi connectivity index (χ1v) is 7.56. The van der Waals surface area contributed by atoms with Gasteiger partial charge in [-0.15, -0.1) is 0 Å². The van der Waals surface area contributed by atoms with E-state index in [1.54, 1.807) is 0 Å². The van der Waals surface area contributed by atoms with Gasteiger partial charge in [-0.05, 0) is 31.2 Å². The Bertz CT molecular complexity index is 458. The van der Waals surface area contributed by atoms with Gasteiger partial charge in [0.05, 0.1) is 6.04 Å². The third-order valence-corrected chi connectivity index (χ3v) is 4.26. The minimum absolute atomic E-state index is 0.0171. The smallest absolute Gasteiger partial charge is 0.237 e. The summed E-state index contributed by atoms with van der Waals surface area (Å²) in [6.07, 6.45) is 4.31. The second kappa shape index (κ2) is 5.94. The lowest BCUT2D eigenvalue weighted by atomic mass is 10.1. The number of nitrogens with two attached hydrogens (primary N) is 1. The van der Waals surface area contributed by atoms with Crippen molar-refractivity contribution in [2.45, 2.75) is 43.8 Å². The van der Waals surface area contributed by atoms with Crippen molar-refractivity contribution in [2.24, 2.45) is 5.73 Å². The predicted molar refractivity (Wildman–Crippen MR) is 79.3 cm³/mol. The van der Waals surface area contributed by atoms with Crippen LogP contribution in [0.4, 0.5) is 0 Å². The molecule has 1 aliphatic heterocycles. The fourth-order valence-corrected chi connectivity index (χ4v) is 2.95. The Morgan fingerprint density at radius 1 is 1.30 bits per heavy atom. The number of hydrogen-bond donors (Lipinski definition) is 2. The van der Waals surface area contributed by atoms with Crippen LogP contribution in [-0.2, 0) is 11.2 Å². The Kier molecular flexibility index (Phi) is 4.03. The van der Waals surface area contributed by atoms with Crippen LogP contribution in [0.5, 0.6) is 0 Å². The van der Waals surface area contributed by atoms with Crippen LogP contribution in [0.3, 0.4) is 0 Å². The Hall–Kier alpha value is -1.39. The molecule has 108 valence electrons. The lowest BCUT2D eigenvalue weighted by Gasteiger charge is -2.18. The fourth-order valence-electron chi connectivity index (χ4n) is 2.95. The molecule has 1 aromatic carbocycles. The molecule has 1 heterocycles. The summed E-state index contributed by atoms with van der Waals surface area (Å²) in [5.41, 5.74) is 7.12. The first kappa shape index (κ1) is 13.6. The zero-order valence-corrected chi connectivity index (χ0v) is 11.8. The molecule has 3 N–H and O–H groups in total. The van der Waals surface area contributed by atoms with Gasteiger partial charge in [-0.25, -0.2) is 0 Å². The zero-order chi connectivity index (χ0) is 13.9. The number of rotatable bonds is 5. The van der Waals surface area contributed by atoms with E-state index in [1.807, 2.05) is 30.3 Å². The van der Waals surface area contributed by atoms with Crippen molar-refractivity contribution in [1.82, 2.24) is 10.2 Å². The van der Waals surface area contributed by atoms with Crippen LogP contribution >= 0.6 is 0 Å². The molecule has 1 aromatic rings. The van der Waals surface area contributed by atoms with E-state index in [0.717, 1.165) is 31.1 Å². The molecule has 2 fully saturated rings. The third-order valence-electron chi connectivity index (χ3n) is 4.26. The van der Waals surface area contributed by atoms with Gasteiger partial charge >= 0.3 is 0 Å². The maximum absolute atomic E-state index is 12.1. The van der Waals surface area contributed by atoms with Crippen molar-refractivity contribution in [2.75, 3.05) is 13.1 Å². The third kappa shape index (κ3) is 3.38. The highest BCUT2D eigenvalue weighted by atomic mass is 16.2. The molecule has 2 aliphatic rings. The Morgan fingerprint density at radius 2 is 2.05 bits per heavy atom. The number of hydrogen-bond acceptors (Lipinski definition) is 3. The van der Waals surface area contributed by atoms with Crippen LogP contribution in [0, 0.1) is 0 Å². The van der Waals surface area contributed by atoms with E-state index in [2.05, 4.69) is 10.2 Å². The molecule has 4 heteroatoms. The average molecular weight is 273 g/mol.